The zero-order valence-electron chi connectivity index (χ0n) is 25.7. The minimum absolute atomic E-state index is 0.197. The van der Waals surface area contributed by atoms with E-state index in [2.05, 4.69) is 21.6 Å². The molecule has 0 saturated carbocycles. The number of hydrogen-bond donors (Lipinski definition) is 0. The van der Waals surface area contributed by atoms with Gasteiger partial charge in [-0.05, 0) is 77.7 Å². The van der Waals surface area contributed by atoms with Gasteiger partial charge in [-0.25, -0.2) is 36.3 Å². The zero-order chi connectivity index (χ0) is 34.6. The molecule has 0 aliphatic rings. The summed E-state index contributed by atoms with van der Waals surface area (Å²) < 4.78 is 124. The predicted molar refractivity (Wildman–Crippen MR) is 169 cm³/mol. The van der Waals surface area contributed by atoms with Gasteiger partial charge in [0.05, 0.1) is 4.90 Å². The van der Waals surface area contributed by atoms with Crippen LogP contribution >= 0.6 is 11.8 Å². The van der Waals surface area contributed by atoms with E-state index in [4.69, 9.17) is 0 Å². The van der Waals surface area contributed by atoms with E-state index in [0.717, 1.165) is 73.3 Å². The molecule has 0 bridgehead atoms. The normalized spacial score (nSPS) is 11.6. The van der Waals surface area contributed by atoms with Crippen LogP contribution in [0.25, 0.3) is 33.6 Å². The number of aromatic nitrogens is 2. The third kappa shape index (κ3) is 7.64. The van der Waals surface area contributed by atoms with Crippen molar-refractivity contribution in [2.45, 2.75) is 50.5 Å². The lowest BCUT2D eigenvalue weighted by Crippen LogP contribution is -2.25. The number of ether oxygens (including phenoxy) is 1. The minimum Gasteiger partial charge on any atom is -0.429 e. The second-order valence-electron chi connectivity index (χ2n) is 10.8. The first kappa shape index (κ1) is 34.9. The zero-order valence-corrected chi connectivity index (χ0v) is 26.5. The molecule has 0 N–H and O–H groups in total. The molecule has 0 atom stereocenters. The van der Waals surface area contributed by atoms with Gasteiger partial charge in [-0.15, -0.1) is 11.8 Å². The Kier molecular flexibility index (Phi) is 10.7. The van der Waals surface area contributed by atoms with E-state index in [0.29, 0.717) is 29.5 Å². The van der Waals surface area contributed by atoms with Gasteiger partial charge in [0.25, 0.3) is 0 Å². The molecule has 0 radical (unpaired) electrons. The van der Waals surface area contributed by atoms with E-state index < -0.39 is 52.3 Å². The highest BCUT2D eigenvalue weighted by Gasteiger charge is 2.41. The number of alkyl halides is 2. The molecule has 0 fully saturated rings. The maximum absolute atomic E-state index is 15.1. The molecule has 0 aliphatic heterocycles. The summed E-state index contributed by atoms with van der Waals surface area (Å²) in [5.41, 5.74) is -1.70. The maximum atomic E-state index is 15.1. The molecule has 4 aromatic carbocycles. The summed E-state index contributed by atoms with van der Waals surface area (Å²) in [6.45, 7) is 3.79. The topological polar surface area (TPSA) is 35.0 Å². The number of unbranched alkanes of at least 4 members (excludes halogenated alkanes) is 2. The molecule has 0 amide bonds. The summed E-state index contributed by atoms with van der Waals surface area (Å²) in [5, 5.41) is 0. The van der Waals surface area contributed by atoms with Crippen molar-refractivity contribution in [3.8, 4) is 39.4 Å². The number of hydrogen-bond acceptors (Lipinski definition) is 4. The third-order valence-corrected chi connectivity index (χ3v) is 8.40. The number of aryl methyl sites for hydroxylation is 1. The van der Waals surface area contributed by atoms with E-state index in [9.17, 15) is 13.2 Å². The summed E-state index contributed by atoms with van der Waals surface area (Å²) in [6.07, 6.45) is 2.58. The van der Waals surface area contributed by atoms with Crippen LogP contribution in [-0.2, 0) is 12.5 Å². The van der Waals surface area contributed by atoms with Gasteiger partial charge < -0.3 is 4.74 Å². The first-order valence-electron chi connectivity index (χ1n) is 15.0. The standard InChI is InChI=1S/C36H28F8N2OS/c1-3-5-6-7-20-18-45-35(46-19-20)21-8-10-25(27(37)12-21)22-13-29(39)33(30(40)14-22)36(43,44)47-24-9-11-26(28(38)17-24)23-15-31(41)34(48-4-2)32(42)16-23/h8-19H,3-7H2,1-2H3. The van der Waals surface area contributed by atoms with E-state index in [1.807, 2.05) is 0 Å². The molecule has 48 heavy (non-hydrogen) atoms. The monoisotopic (exact) mass is 688 g/mol. The number of nitrogens with zero attached hydrogens (tertiary/aromatic N) is 2. The van der Waals surface area contributed by atoms with Gasteiger partial charge in [0.2, 0.25) is 0 Å². The van der Waals surface area contributed by atoms with Crippen LogP contribution in [0.5, 0.6) is 5.75 Å². The lowest BCUT2D eigenvalue weighted by Gasteiger charge is -2.20. The second-order valence-corrected chi connectivity index (χ2v) is 12.1. The van der Waals surface area contributed by atoms with Crippen LogP contribution in [0, 0.1) is 34.9 Å². The van der Waals surface area contributed by atoms with Crippen LogP contribution in [0.3, 0.4) is 0 Å². The molecule has 250 valence electrons. The largest absolute Gasteiger partial charge is 0.432 e. The first-order valence-corrected chi connectivity index (χ1v) is 16.0. The number of thioether (sulfide) groups is 1. The summed E-state index contributed by atoms with van der Waals surface area (Å²) in [5.74, 6) is -7.61. The average molecular weight is 689 g/mol. The highest BCUT2D eigenvalue weighted by atomic mass is 32.2. The van der Waals surface area contributed by atoms with Gasteiger partial charge in [-0.3, -0.25) is 0 Å². The molecular weight excluding hydrogens is 660 g/mol. The van der Waals surface area contributed by atoms with Crippen molar-refractivity contribution in [1.82, 2.24) is 9.97 Å². The van der Waals surface area contributed by atoms with Gasteiger partial charge in [-0.1, -0.05) is 38.8 Å². The Morgan fingerprint density at radius 3 is 1.73 bits per heavy atom. The van der Waals surface area contributed by atoms with E-state index >= 15 is 22.0 Å². The Bertz CT molecular complexity index is 1890. The van der Waals surface area contributed by atoms with Crippen molar-refractivity contribution in [3.05, 3.63) is 119 Å². The quantitative estimate of drug-likeness (QED) is 0.0742. The Hall–Kier alpha value is -4.45. The van der Waals surface area contributed by atoms with Crippen LogP contribution in [0.4, 0.5) is 35.1 Å². The maximum Gasteiger partial charge on any atom is 0.432 e. The second kappa shape index (κ2) is 14.8. The van der Waals surface area contributed by atoms with Gasteiger partial charge in [0.1, 0.15) is 46.2 Å². The molecule has 0 saturated heterocycles. The third-order valence-electron chi connectivity index (χ3n) is 7.43. The summed E-state index contributed by atoms with van der Waals surface area (Å²) in [6, 6.07) is 8.90. The van der Waals surface area contributed by atoms with Crippen LogP contribution in [0.1, 0.15) is 44.2 Å². The van der Waals surface area contributed by atoms with Crippen LogP contribution < -0.4 is 4.74 Å². The van der Waals surface area contributed by atoms with Crippen molar-refractivity contribution in [2.24, 2.45) is 0 Å². The highest BCUT2D eigenvalue weighted by molar-refractivity contribution is 7.99. The fourth-order valence-corrected chi connectivity index (χ4v) is 5.78. The molecule has 5 rings (SSSR count). The molecule has 0 spiro atoms. The van der Waals surface area contributed by atoms with Crippen LogP contribution in [0.15, 0.2) is 78.0 Å². The number of halogens is 8. The summed E-state index contributed by atoms with van der Waals surface area (Å²) in [4.78, 5) is 8.28. The van der Waals surface area contributed by atoms with E-state index in [1.165, 1.54) is 12.1 Å². The molecule has 12 heteroatoms. The van der Waals surface area contributed by atoms with Gasteiger partial charge >= 0.3 is 6.11 Å². The molecule has 0 aliphatic carbocycles. The van der Waals surface area contributed by atoms with Crippen molar-refractivity contribution in [3.63, 3.8) is 0 Å². The predicted octanol–water partition coefficient (Wildman–Crippen LogP) is 11.3. The Morgan fingerprint density at radius 1 is 0.646 bits per heavy atom. The minimum atomic E-state index is -4.64. The fraction of sp³-hybridized carbons (Fsp3) is 0.222. The van der Waals surface area contributed by atoms with Crippen molar-refractivity contribution >= 4 is 11.8 Å². The molecule has 1 heterocycles. The smallest absolute Gasteiger partial charge is 0.429 e. The van der Waals surface area contributed by atoms with Gasteiger partial charge in [0, 0.05) is 35.2 Å². The fourth-order valence-electron chi connectivity index (χ4n) is 5.10. The average Bonchev–Trinajstić information content (AvgIpc) is 3.02. The lowest BCUT2D eigenvalue weighted by molar-refractivity contribution is -0.189. The molecule has 5 aromatic rings. The van der Waals surface area contributed by atoms with Crippen molar-refractivity contribution in [2.75, 3.05) is 5.75 Å². The Labute approximate surface area is 276 Å². The van der Waals surface area contributed by atoms with E-state index in [-0.39, 0.29) is 33.0 Å². The van der Waals surface area contributed by atoms with Crippen molar-refractivity contribution < 1.29 is 39.9 Å². The lowest BCUT2D eigenvalue weighted by atomic mass is 10.00. The molecule has 1 aromatic heterocycles. The van der Waals surface area contributed by atoms with Crippen LogP contribution in [0.2, 0.25) is 0 Å². The molecule has 3 nitrogen and oxygen atoms in total. The van der Waals surface area contributed by atoms with Gasteiger partial charge in [0.15, 0.2) is 5.82 Å². The number of rotatable bonds is 12. The van der Waals surface area contributed by atoms with Crippen molar-refractivity contribution in [1.29, 1.82) is 0 Å². The summed E-state index contributed by atoms with van der Waals surface area (Å²) >= 11 is 0.916. The highest BCUT2D eigenvalue weighted by Crippen LogP contribution is 2.39. The number of benzene rings is 4. The Morgan fingerprint density at radius 2 is 1.19 bits per heavy atom. The molecular formula is C36H28F8N2OS. The van der Waals surface area contributed by atoms with E-state index in [1.54, 1.807) is 19.3 Å². The first-order chi connectivity index (χ1) is 22.9. The van der Waals surface area contributed by atoms with Crippen LogP contribution in [-0.4, -0.2) is 15.7 Å². The van der Waals surface area contributed by atoms with Gasteiger partial charge in [-0.2, -0.15) is 8.78 Å². The molecule has 0 unspecified atom stereocenters. The summed E-state index contributed by atoms with van der Waals surface area (Å²) in [7, 11) is 0. The Balaban J connectivity index is 1.35. The SMILES string of the molecule is CCCCCc1cnc(-c2ccc(-c3cc(F)c(C(F)(F)Oc4ccc(-c5cc(F)c(SCC)c(F)c5)c(F)c4)c(F)c3)c(F)c2)nc1.